The minimum absolute atomic E-state index is 0.226. The van der Waals surface area contributed by atoms with E-state index in [0.29, 0.717) is 17.5 Å². The molecule has 2 heterocycles. The molecule has 1 aromatic carbocycles. The highest BCUT2D eigenvalue weighted by atomic mass is 16.4. The molecule has 5 heteroatoms. The number of aromatic carboxylic acids is 1. The van der Waals surface area contributed by atoms with Gasteiger partial charge in [0.1, 0.15) is 0 Å². The first kappa shape index (κ1) is 11.0. The van der Waals surface area contributed by atoms with Crippen molar-refractivity contribution >= 4 is 22.8 Å². The first-order valence-electron chi connectivity index (χ1n) is 5.92. The number of rotatable bonds is 2. The Balaban J connectivity index is 2.15. The lowest BCUT2D eigenvalue weighted by Crippen LogP contribution is -2.46. The first-order valence-corrected chi connectivity index (χ1v) is 5.92. The summed E-state index contributed by atoms with van der Waals surface area (Å²) in [4.78, 5) is 22.0. The number of hydrogen-bond donors (Lipinski definition) is 1. The smallest absolute Gasteiger partial charge is 0.337 e. The van der Waals surface area contributed by atoms with Gasteiger partial charge in [0.2, 0.25) is 5.95 Å². The number of hydrogen-bond acceptors (Lipinski definition) is 4. The highest BCUT2D eigenvalue weighted by Crippen LogP contribution is 2.25. The molecule has 5 nitrogen and oxygen atoms in total. The number of para-hydroxylation sites is 1. The number of carboxylic acids is 1. The number of carbonyl (C=O) groups is 1. The van der Waals surface area contributed by atoms with E-state index < -0.39 is 5.97 Å². The Kier molecular flexibility index (Phi) is 2.40. The third-order valence-electron chi connectivity index (χ3n) is 3.41. The molecule has 0 saturated carbocycles. The molecule has 1 N–H and O–H groups in total. The van der Waals surface area contributed by atoms with E-state index in [0.717, 1.165) is 18.4 Å². The minimum Gasteiger partial charge on any atom is -0.478 e. The topological polar surface area (TPSA) is 66.3 Å². The van der Waals surface area contributed by atoms with Crippen LogP contribution in [0.4, 0.5) is 5.95 Å². The highest BCUT2D eigenvalue weighted by Gasteiger charge is 2.26. The Morgan fingerprint density at radius 1 is 1.50 bits per heavy atom. The number of fused-ring (bicyclic) bond motifs is 1. The number of aromatic nitrogens is 2. The van der Waals surface area contributed by atoms with Crippen molar-refractivity contribution in [2.24, 2.45) is 0 Å². The maximum atomic E-state index is 11.2. The summed E-state index contributed by atoms with van der Waals surface area (Å²) < 4.78 is 0. The van der Waals surface area contributed by atoms with Gasteiger partial charge in [-0.25, -0.2) is 14.8 Å². The summed E-state index contributed by atoms with van der Waals surface area (Å²) in [5, 5.41) is 9.92. The molecule has 0 radical (unpaired) electrons. The van der Waals surface area contributed by atoms with E-state index >= 15 is 0 Å². The maximum Gasteiger partial charge on any atom is 0.337 e. The Hall–Kier alpha value is -2.17. The normalized spacial score (nSPS) is 18.7. The molecule has 1 aromatic heterocycles. The van der Waals surface area contributed by atoms with Gasteiger partial charge in [-0.2, -0.15) is 0 Å². The molecular weight excluding hydrogens is 230 g/mol. The lowest BCUT2D eigenvalue weighted by Gasteiger charge is -2.38. The average molecular weight is 243 g/mol. The third kappa shape index (κ3) is 1.59. The first-order chi connectivity index (χ1) is 8.66. The van der Waals surface area contributed by atoms with Gasteiger partial charge in [-0.15, -0.1) is 0 Å². The van der Waals surface area contributed by atoms with Crippen LogP contribution in [0.25, 0.3) is 10.9 Å². The van der Waals surface area contributed by atoms with Crippen LogP contribution in [0.5, 0.6) is 0 Å². The van der Waals surface area contributed by atoms with Crippen molar-refractivity contribution in [3.63, 3.8) is 0 Å². The van der Waals surface area contributed by atoms with Crippen LogP contribution in [0.1, 0.15) is 23.7 Å². The number of carboxylic acid groups (broad SMARTS) is 1. The van der Waals surface area contributed by atoms with Gasteiger partial charge < -0.3 is 10.0 Å². The maximum absolute atomic E-state index is 11.2. The number of benzene rings is 1. The average Bonchev–Trinajstić information content (AvgIpc) is 2.36. The zero-order valence-corrected chi connectivity index (χ0v) is 10.00. The summed E-state index contributed by atoms with van der Waals surface area (Å²) in [6, 6.07) is 5.53. The van der Waals surface area contributed by atoms with Crippen LogP contribution in [0.15, 0.2) is 24.4 Å². The SMILES string of the molecule is CC1CCN1c1ncc2cccc(C(=O)O)c2n1. The molecule has 0 amide bonds. The standard InChI is InChI=1S/C13H13N3O2/c1-8-5-6-16(8)13-14-7-9-3-2-4-10(12(17)18)11(9)15-13/h2-4,7-8H,5-6H2,1H3,(H,17,18). The van der Waals surface area contributed by atoms with Gasteiger partial charge in [0, 0.05) is 24.2 Å². The zero-order chi connectivity index (χ0) is 12.7. The lowest BCUT2D eigenvalue weighted by atomic mass is 10.1. The van der Waals surface area contributed by atoms with Gasteiger partial charge in [0.25, 0.3) is 0 Å². The summed E-state index contributed by atoms with van der Waals surface area (Å²) in [6.07, 6.45) is 2.82. The summed E-state index contributed by atoms with van der Waals surface area (Å²) >= 11 is 0. The van der Waals surface area contributed by atoms with Crippen LogP contribution in [0.2, 0.25) is 0 Å². The van der Waals surface area contributed by atoms with Crippen molar-refractivity contribution < 1.29 is 9.90 Å². The van der Waals surface area contributed by atoms with Crippen molar-refractivity contribution in [1.29, 1.82) is 0 Å². The van der Waals surface area contributed by atoms with Crippen LogP contribution in [-0.4, -0.2) is 33.6 Å². The third-order valence-corrected chi connectivity index (χ3v) is 3.41. The van der Waals surface area contributed by atoms with Gasteiger partial charge in [-0.1, -0.05) is 12.1 Å². The van der Waals surface area contributed by atoms with E-state index in [4.69, 9.17) is 5.11 Å². The van der Waals surface area contributed by atoms with Crippen LogP contribution < -0.4 is 4.90 Å². The van der Waals surface area contributed by atoms with Gasteiger partial charge in [-0.3, -0.25) is 0 Å². The Morgan fingerprint density at radius 2 is 2.33 bits per heavy atom. The highest BCUT2D eigenvalue weighted by molar-refractivity contribution is 6.01. The molecule has 3 rings (SSSR count). The van der Waals surface area contributed by atoms with Crippen molar-refractivity contribution in [3.05, 3.63) is 30.0 Å². The van der Waals surface area contributed by atoms with E-state index in [9.17, 15) is 4.79 Å². The van der Waals surface area contributed by atoms with Crippen molar-refractivity contribution in [2.75, 3.05) is 11.4 Å². The van der Waals surface area contributed by atoms with Gasteiger partial charge in [0.05, 0.1) is 11.1 Å². The molecular formula is C13H13N3O2. The van der Waals surface area contributed by atoms with Gasteiger partial charge in [0.15, 0.2) is 0 Å². The predicted molar refractivity (Wildman–Crippen MR) is 67.9 cm³/mol. The summed E-state index contributed by atoms with van der Waals surface area (Å²) in [5.41, 5.74) is 0.735. The Bertz CT molecular complexity index is 627. The largest absolute Gasteiger partial charge is 0.478 e. The predicted octanol–water partition coefficient (Wildman–Crippen LogP) is 1.93. The van der Waals surface area contributed by atoms with Gasteiger partial charge >= 0.3 is 5.97 Å². The molecule has 2 aromatic rings. The van der Waals surface area contributed by atoms with E-state index in [1.807, 2.05) is 6.07 Å². The lowest BCUT2D eigenvalue weighted by molar-refractivity contribution is 0.0699. The zero-order valence-electron chi connectivity index (χ0n) is 10.00. The number of anilines is 1. The van der Waals surface area contributed by atoms with Crippen LogP contribution in [0, 0.1) is 0 Å². The summed E-state index contributed by atoms with van der Waals surface area (Å²) in [7, 11) is 0. The van der Waals surface area contributed by atoms with Crippen LogP contribution in [0.3, 0.4) is 0 Å². The molecule has 92 valence electrons. The van der Waals surface area contributed by atoms with E-state index in [1.54, 1.807) is 18.3 Å². The van der Waals surface area contributed by atoms with E-state index in [-0.39, 0.29) is 5.56 Å². The molecule has 18 heavy (non-hydrogen) atoms. The fourth-order valence-electron chi connectivity index (χ4n) is 2.17. The number of nitrogens with zero attached hydrogens (tertiary/aromatic N) is 3. The molecule has 1 saturated heterocycles. The second kappa shape index (κ2) is 3.94. The molecule has 1 aliphatic heterocycles. The fourth-order valence-corrected chi connectivity index (χ4v) is 2.17. The molecule has 1 atom stereocenters. The van der Waals surface area contributed by atoms with Crippen LogP contribution >= 0.6 is 0 Å². The van der Waals surface area contributed by atoms with Crippen molar-refractivity contribution in [2.45, 2.75) is 19.4 Å². The monoisotopic (exact) mass is 243 g/mol. The molecule has 1 aliphatic rings. The van der Waals surface area contributed by atoms with E-state index in [1.165, 1.54) is 0 Å². The minimum atomic E-state index is -0.957. The molecule has 1 fully saturated rings. The fraction of sp³-hybridized carbons (Fsp3) is 0.308. The Morgan fingerprint density at radius 3 is 2.94 bits per heavy atom. The summed E-state index contributed by atoms with van der Waals surface area (Å²) in [5.74, 6) is -0.336. The molecule has 0 spiro atoms. The Labute approximate surface area is 104 Å². The van der Waals surface area contributed by atoms with Gasteiger partial charge in [-0.05, 0) is 19.4 Å². The molecule has 0 aliphatic carbocycles. The quantitative estimate of drug-likeness (QED) is 0.872. The van der Waals surface area contributed by atoms with Crippen molar-refractivity contribution in [1.82, 2.24) is 9.97 Å². The molecule has 0 bridgehead atoms. The van der Waals surface area contributed by atoms with Crippen molar-refractivity contribution in [3.8, 4) is 0 Å². The second-order valence-electron chi connectivity index (χ2n) is 4.55. The second-order valence-corrected chi connectivity index (χ2v) is 4.55. The summed E-state index contributed by atoms with van der Waals surface area (Å²) in [6.45, 7) is 3.04. The molecule has 1 unspecified atom stereocenters. The van der Waals surface area contributed by atoms with Crippen LogP contribution in [-0.2, 0) is 0 Å². The van der Waals surface area contributed by atoms with E-state index in [2.05, 4.69) is 21.8 Å².